The number of hydrogen-bond acceptors (Lipinski definition) is 4. The zero-order chi connectivity index (χ0) is 17.7. The standard InChI is InChI=1S/C18H23ClN2O2S/c1-3-21(4-2)16-9-5-14(6-10-16)18(13-20)24(22,23)17-11-7-15(19)8-12-17/h5-12,18H,3-4,13,20H2,1-2H3/t18-/m0/s1. The molecule has 4 nitrogen and oxygen atoms in total. The van der Waals surface area contributed by atoms with Gasteiger partial charge in [-0.05, 0) is 55.8 Å². The van der Waals surface area contributed by atoms with Gasteiger partial charge in [-0.1, -0.05) is 23.7 Å². The van der Waals surface area contributed by atoms with Gasteiger partial charge in [0.1, 0.15) is 5.25 Å². The van der Waals surface area contributed by atoms with E-state index >= 15 is 0 Å². The predicted molar refractivity (Wildman–Crippen MR) is 100 cm³/mol. The first-order chi connectivity index (χ1) is 11.4. The van der Waals surface area contributed by atoms with Crippen LogP contribution in [0.15, 0.2) is 53.4 Å². The molecule has 2 aromatic rings. The van der Waals surface area contributed by atoms with Crippen LogP contribution in [0.5, 0.6) is 0 Å². The maximum atomic E-state index is 12.9. The summed E-state index contributed by atoms with van der Waals surface area (Å²) in [4.78, 5) is 2.43. The average Bonchev–Trinajstić information content (AvgIpc) is 2.58. The molecule has 0 saturated carbocycles. The first-order valence-corrected chi connectivity index (χ1v) is 9.90. The first-order valence-electron chi connectivity index (χ1n) is 7.98. The third kappa shape index (κ3) is 3.91. The molecule has 0 unspecified atom stereocenters. The molecule has 0 fully saturated rings. The molecule has 0 aliphatic rings. The van der Waals surface area contributed by atoms with Gasteiger partial charge >= 0.3 is 0 Å². The van der Waals surface area contributed by atoms with E-state index in [0.29, 0.717) is 10.6 Å². The number of halogens is 1. The Morgan fingerprint density at radius 1 is 1.00 bits per heavy atom. The molecule has 0 aliphatic heterocycles. The van der Waals surface area contributed by atoms with E-state index in [0.717, 1.165) is 18.8 Å². The average molecular weight is 367 g/mol. The van der Waals surface area contributed by atoms with Gasteiger partial charge < -0.3 is 10.6 Å². The highest BCUT2D eigenvalue weighted by Crippen LogP contribution is 2.30. The molecule has 0 spiro atoms. The van der Waals surface area contributed by atoms with Crippen molar-refractivity contribution in [3.8, 4) is 0 Å². The summed E-state index contributed by atoms with van der Waals surface area (Å²) in [7, 11) is -3.56. The maximum Gasteiger partial charge on any atom is 0.186 e. The van der Waals surface area contributed by atoms with Crippen molar-refractivity contribution in [1.82, 2.24) is 0 Å². The third-order valence-electron chi connectivity index (χ3n) is 4.12. The molecule has 2 aromatic carbocycles. The Kier molecular flexibility index (Phi) is 6.27. The number of hydrogen-bond donors (Lipinski definition) is 1. The van der Waals surface area contributed by atoms with E-state index in [1.165, 1.54) is 12.1 Å². The fourth-order valence-electron chi connectivity index (χ4n) is 2.72. The molecule has 0 bridgehead atoms. The molecule has 2 rings (SSSR count). The first kappa shape index (κ1) is 18.8. The number of nitrogens with zero attached hydrogens (tertiary/aromatic N) is 1. The Bertz CT molecular complexity index is 755. The quantitative estimate of drug-likeness (QED) is 0.812. The van der Waals surface area contributed by atoms with E-state index in [1.54, 1.807) is 12.1 Å². The highest BCUT2D eigenvalue weighted by atomic mass is 35.5. The normalized spacial score (nSPS) is 12.8. The lowest BCUT2D eigenvalue weighted by Gasteiger charge is -2.22. The van der Waals surface area contributed by atoms with Gasteiger partial charge in [0.2, 0.25) is 0 Å². The van der Waals surface area contributed by atoms with Gasteiger partial charge in [0, 0.05) is 30.3 Å². The number of nitrogens with two attached hydrogens (primary N) is 1. The maximum absolute atomic E-state index is 12.9. The van der Waals surface area contributed by atoms with Crippen molar-refractivity contribution in [2.45, 2.75) is 24.0 Å². The molecule has 2 N–H and O–H groups in total. The fourth-order valence-corrected chi connectivity index (χ4v) is 4.46. The molecule has 0 aliphatic carbocycles. The van der Waals surface area contributed by atoms with E-state index in [9.17, 15) is 8.42 Å². The summed E-state index contributed by atoms with van der Waals surface area (Å²) in [5, 5.41) is -0.272. The Hall–Kier alpha value is -1.56. The second kappa shape index (κ2) is 8.01. The summed E-state index contributed by atoms with van der Waals surface area (Å²) in [6.45, 7) is 6.00. The molecule has 6 heteroatoms. The van der Waals surface area contributed by atoms with Crippen LogP contribution in [0, 0.1) is 0 Å². The van der Waals surface area contributed by atoms with Crippen molar-refractivity contribution in [1.29, 1.82) is 0 Å². The molecule has 24 heavy (non-hydrogen) atoms. The summed E-state index contributed by atoms with van der Waals surface area (Å²) in [6, 6.07) is 13.8. The number of sulfone groups is 1. The molecule has 0 heterocycles. The largest absolute Gasteiger partial charge is 0.372 e. The molecule has 0 saturated heterocycles. The van der Waals surface area contributed by atoms with Crippen molar-refractivity contribution in [2.24, 2.45) is 5.73 Å². The number of anilines is 1. The fraction of sp³-hybridized carbons (Fsp3) is 0.333. The van der Waals surface area contributed by atoms with Crippen LogP contribution >= 0.6 is 11.6 Å². The summed E-state index contributed by atoms with van der Waals surface area (Å²) in [5.41, 5.74) is 7.56. The molecule has 0 radical (unpaired) electrons. The summed E-state index contributed by atoms with van der Waals surface area (Å²) in [5.74, 6) is 0. The second-order valence-corrected chi connectivity index (χ2v) is 8.05. The lowest BCUT2D eigenvalue weighted by atomic mass is 10.1. The van der Waals surface area contributed by atoms with Crippen LogP contribution < -0.4 is 10.6 Å². The van der Waals surface area contributed by atoms with Crippen molar-refractivity contribution in [3.05, 3.63) is 59.1 Å². The van der Waals surface area contributed by atoms with E-state index < -0.39 is 15.1 Å². The van der Waals surface area contributed by atoms with Gasteiger partial charge in [0.25, 0.3) is 0 Å². The zero-order valence-electron chi connectivity index (χ0n) is 13.9. The Labute approximate surface area is 149 Å². The third-order valence-corrected chi connectivity index (χ3v) is 6.52. The van der Waals surface area contributed by atoms with Crippen molar-refractivity contribution >= 4 is 27.1 Å². The van der Waals surface area contributed by atoms with E-state index in [2.05, 4.69) is 18.7 Å². The Balaban J connectivity index is 2.35. The highest BCUT2D eigenvalue weighted by Gasteiger charge is 2.28. The minimum Gasteiger partial charge on any atom is -0.372 e. The summed E-state index contributed by atoms with van der Waals surface area (Å²) in [6.07, 6.45) is 0. The SMILES string of the molecule is CCN(CC)c1ccc([C@H](CN)S(=O)(=O)c2ccc(Cl)cc2)cc1. The van der Waals surface area contributed by atoms with Crippen LogP contribution in [-0.2, 0) is 9.84 Å². The van der Waals surface area contributed by atoms with Crippen LogP contribution in [0.2, 0.25) is 5.02 Å². The molecular weight excluding hydrogens is 344 g/mol. The van der Waals surface area contributed by atoms with E-state index in [4.69, 9.17) is 17.3 Å². The predicted octanol–water partition coefficient (Wildman–Crippen LogP) is 3.66. The lowest BCUT2D eigenvalue weighted by molar-refractivity contribution is 0.582. The molecule has 0 amide bonds. The van der Waals surface area contributed by atoms with Crippen LogP contribution in [-0.4, -0.2) is 28.1 Å². The van der Waals surface area contributed by atoms with Crippen molar-refractivity contribution in [2.75, 3.05) is 24.5 Å². The molecule has 1 atom stereocenters. The van der Waals surface area contributed by atoms with E-state index in [-0.39, 0.29) is 11.4 Å². The van der Waals surface area contributed by atoms with Gasteiger partial charge in [-0.2, -0.15) is 0 Å². The molecular formula is C18H23ClN2O2S. The minimum absolute atomic E-state index is 0.0234. The summed E-state index contributed by atoms with van der Waals surface area (Å²) >= 11 is 5.84. The molecule has 0 aromatic heterocycles. The van der Waals surface area contributed by atoms with Crippen molar-refractivity contribution < 1.29 is 8.42 Å². The lowest BCUT2D eigenvalue weighted by Crippen LogP contribution is -2.23. The van der Waals surface area contributed by atoms with Gasteiger partial charge in [-0.3, -0.25) is 0 Å². The second-order valence-electron chi connectivity index (χ2n) is 5.49. The van der Waals surface area contributed by atoms with Gasteiger partial charge in [0.15, 0.2) is 9.84 Å². The number of benzene rings is 2. The van der Waals surface area contributed by atoms with Crippen LogP contribution in [0.3, 0.4) is 0 Å². The minimum atomic E-state index is -3.56. The number of rotatable bonds is 7. The Morgan fingerprint density at radius 3 is 2.00 bits per heavy atom. The van der Waals surface area contributed by atoms with Crippen LogP contribution in [0.25, 0.3) is 0 Å². The van der Waals surface area contributed by atoms with Gasteiger partial charge in [-0.25, -0.2) is 8.42 Å². The van der Waals surface area contributed by atoms with Crippen molar-refractivity contribution in [3.63, 3.8) is 0 Å². The van der Waals surface area contributed by atoms with Gasteiger partial charge in [0.05, 0.1) is 4.90 Å². The van der Waals surface area contributed by atoms with E-state index in [1.807, 2.05) is 24.3 Å². The highest BCUT2D eigenvalue weighted by molar-refractivity contribution is 7.91. The Morgan fingerprint density at radius 2 is 1.54 bits per heavy atom. The monoisotopic (exact) mass is 366 g/mol. The zero-order valence-corrected chi connectivity index (χ0v) is 15.5. The summed E-state index contributed by atoms with van der Waals surface area (Å²) < 4.78 is 25.7. The molecule has 130 valence electrons. The van der Waals surface area contributed by atoms with Crippen LogP contribution in [0.4, 0.5) is 5.69 Å². The van der Waals surface area contributed by atoms with Crippen LogP contribution in [0.1, 0.15) is 24.7 Å². The van der Waals surface area contributed by atoms with Gasteiger partial charge in [-0.15, -0.1) is 0 Å². The topological polar surface area (TPSA) is 63.4 Å². The smallest absolute Gasteiger partial charge is 0.186 e.